The first-order valence-corrected chi connectivity index (χ1v) is 9.84. The summed E-state index contributed by atoms with van der Waals surface area (Å²) in [6.07, 6.45) is -8.83. The first-order chi connectivity index (χ1) is 14.5. The predicted octanol–water partition coefficient (Wildman–Crippen LogP) is -3.03. The molecule has 3 rings (SSSR count). The van der Waals surface area contributed by atoms with Crippen molar-refractivity contribution in [2.24, 2.45) is 0 Å². The zero-order valence-electron chi connectivity index (χ0n) is 17.6. The maximum absolute atomic E-state index is 11.5. The molecule has 0 radical (unpaired) electrons. The minimum Gasteiger partial charge on any atom is -0.508 e. The van der Waals surface area contributed by atoms with Gasteiger partial charge in [0.25, 0.3) is 0 Å². The molecule has 0 aromatic heterocycles. The maximum Gasteiger partial charge on any atom is 0.524 e. The first-order valence-electron chi connectivity index (χ1n) is 9.84. The van der Waals surface area contributed by atoms with Gasteiger partial charge < -0.3 is 60.2 Å². The summed E-state index contributed by atoms with van der Waals surface area (Å²) in [6, 6.07) is 0. The van der Waals surface area contributed by atoms with E-state index in [1.165, 1.54) is 6.82 Å². The number of rotatable bonds is 1. The number of carboxylic acid groups (broad SMARTS) is 1. The van der Waals surface area contributed by atoms with Gasteiger partial charge in [-0.25, -0.2) is 4.79 Å². The second-order valence-electron chi connectivity index (χ2n) is 8.12. The van der Waals surface area contributed by atoms with Crippen molar-refractivity contribution in [2.75, 3.05) is 0 Å². The highest BCUT2D eigenvalue weighted by Crippen LogP contribution is 2.37. The second-order valence-corrected chi connectivity index (χ2v) is 8.12. The van der Waals surface area contributed by atoms with Crippen LogP contribution in [0, 0.1) is 0 Å². The summed E-state index contributed by atoms with van der Waals surface area (Å²) in [4.78, 5) is 22.0. The van der Waals surface area contributed by atoms with E-state index in [4.69, 9.17) is 39.8 Å². The minimum absolute atomic E-state index is 0. The Morgan fingerprint density at radius 3 is 1.46 bits per heavy atom. The zero-order chi connectivity index (χ0) is 25.0. The molecule has 1 heterocycles. The number of carbonyl (C=O) groups excluding carboxylic acids is 1. The molecular formula is C19H42B2O14. The summed E-state index contributed by atoms with van der Waals surface area (Å²) in [5.41, 5.74) is -3.43. The Labute approximate surface area is 206 Å². The normalized spacial score (nSPS) is 37.6. The van der Waals surface area contributed by atoms with E-state index in [1.807, 2.05) is 0 Å². The van der Waals surface area contributed by atoms with E-state index in [2.05, 4.69) is 0 Å². The van der Waals surface area contributed by atoms with Gasteiger partial charge in [-0.2, -0.15) is 0 Å². The third-order valence-electron chi connectivity index (χ3n) is 5.18. The van der Waals surface area contributed by atoms with Gasteiger partial charge in [0.2, 0.25) is 0 Å². The van der Waals surface area contributed by atoms with Gasteiger partial charge in [-0.1, -0.05) is 22.3 Å². The standard InChI is InChI=1S/C8H13BO6.C7H12O6.CH5BO2.3CH4/c1-9-14-7(13)8(15-9)2-4(10)6(12)5(11)3-8;8-3-1-7(13,6(11)12)2-4(9)5(3)10;1-2(3)4;;;/h4-6,10-12H,2-3H2,1H3;3-5,8-10,13H,1-2H2,(H,11,12);3-4H,1H3;3*1H4/t4-,5-,6?,8?;3-,4-,5?,7?;;;;/m11..../s1. The van der Waals surface area contributed by atoms with Crippen LogP contribution in [-0.2, 0) is 18.9 Å². The van der Waals surface area contributed by atoms with Gasteiger partial charge in [-0.15, -0.1) is 0 Å². The summed E-state index contributed by atoms with van der Waals surface area (Å²) >= 11 is 0. The summed E-state index contributed by atoms with van der Waals surface area (Å²) in [5, 5.41) is 88.7. The van der Waals surface area contributed by atoms with E-state index < -0.39 is 86.8 Å². The third-order valence-corrected chi connectivity index (χ3v) is 5.18. The molecule has 1 saturated heterocycles. The van der Waals surface area contributed by atoms with Crippen molar-refractivity contribution in [3.05, 3.63) is 0 Å². The number of hydrogen-bond donors (Lipinski definition) is 10. The summed E-state index contributed by atoms with van der Waals surface area (Å²) in [5.74, 6) is -2.09. The van der Waals surface area contributed by atoms with Gasteiger partial charge in [0.05, 0.1) is 24.4 Å². The lowest BCUT2D eigenvalue weighted by atomic mass is 9.79. The quantitative estimate of drug-likeness (QED) is 0.156. The van der Waals surface area contributed by atoms with Crippen LogP contribution < -0.4 is 0 Å². The molecule has 14 nitrogen and oxygen atoms in total. The van der Waals surface area contributed by atoms with Crippen LogP contribution in [0.4, 0.5) is 0 Å². The lowest BCUT2D eigenvalue weighted by Gasteiger charge is -2.38. The first kappa shape index (κ1) is 38.2. The molecule has 0 unspecified atom stereocenters. The van der Waals surface area contributed by atoms with Crippen LogP contribution in [-0.4, -0.2) is 125 Å². The smallest absolute Gasteiger partial charge is 0.508 e. The molecule has 3 aliphatic rings. The Kier molecular flexibility index (Phi) is 16.4. The monoisotopic (exact) mass is 516 g/mol. The van der Waals surface area contributed by atoms with Crippen molar-refractivity contribution in [2.45, 2.75) is 109 Å². The Hall–Kier alpha value is -1.33. The Bertz CT molecular complexity index is 624. The van der Waals surface area contributed by atoms with Crippen LogP contribution in [0.25, 0.3) is 0 Å². The summed E-state index contributed by atoms with van der Waals surface area (Å²) in [6.45, 7) is 2.84. The van der Waals surface area contributed by atoms with Crippen LogP contribution in [0.2, 0.25) is 13.6 Å². The lowest BCUT2D eigenvalue weighted by molar-refractivity contribution is -0.187. The van der Waals surface area contributed by atoms with E-state index in [9.17, 15) is 30.0 Å². The van der Waals surface area contributed by atoms with E-state index in [0.717, 1.165) is 0 Å². The Morgan fingerprint density at radius 1 is 0.886 bits per heavy atom. The molecule has 0 bridgehead atoms. The Morgan fingerprint density at radius 2 is 1.20 bits per heavy atom. The molecule has 1 spiro atoms. The largest absolute Gasteiger partial charge is 0.524 e. The summed E-state index contributed by atoms with van der Waals surface area (Å²) in [7, 11) is -1.84. The van der Waals surface area contributed by atoms with Gasteiger partial charge >= 0.3 is 26.2 Å². The van der Waals surface area contributed by atoms with E-state index in [0.29, 0.717) is 0 Å². The van der Waals surface area contributed by atoms with Crippen LogP contribution in [0.15, 0.2) is 0 Å². The van der Waals surface area contributed by atoms with Gasteiger partial charge in [0.1, 0.15) is 12.2 Å². The van der Waals surface area contributed by atoms with Crippen molar-refractivity contribution in [3.8, 4) is 0 Å². The second kappa shape index (κ2) is 15.0. The minimum atomic E-state index is -2.14. The topological polar surface area (TPSA) is 255 Å². The molecular weight excluding hydrogens is 474 g/mol. The van der Waals surface area contributed by atoms with Crippen molar-refractivity contribution in [1.82, 2.24) is 0 Å². The van der Waals surface area contributed by atoms with Crippen molar-refractivity contribution < 1.29 is 69.8 Å². The number of aliphatic hydroxyl groups is 7. The molecule has 208 valence electrons. The number of aliphatic hydroxyl groups excluding tert-OH is 6. The van der Waals surface area contributed by atoms with E-state index in [1.54, 1.807) is 6.82 Å². The Balaban J connectivity index is -0.000000476. The number of aliphatic carboxylic acids is 1. The fourth-order valence-electron chi connectivity index (χ4n) is 3.62. The third kappa shape index (κ3) is 9.92. The van der Waals surface area contributed by atoms with Crippen molar-refractivity contribution >= 4 is 26.2 Å². The molecule has 35 heavy (non-hydrogen) atoms. The van der Waals surface area contributed by atoms with Crippen LogP contribution in [0.1, 0.15) is 48.0 Å². The molecule has 16 heteroatoms. The average molecular weight is 516 g/mol. The van der Waals surface area contributed by atoms with Gasteiger partial charge in [-0.05, 0) is 13.6 Å². The molecule has 1 aliphatic heterocycles. The fourth-order valence-corrected chi connectivity index (χ4v) is 3.62. The lowest BCUT2D eigenvalue weighted by Crippen LogP contribution is -2.56. The highest BCUT2D eigenvalue weighted by Gasteiger charge is 2.57. The van der Waals surface area contributed by atoms with E-state index in [-0.39, 0.29) is 35.1 Å². The maximum atomic E-state index is 11.5. The summed E-state index contributed by atoms with van der Waals surface area (Å²) < 4.78 is 10.1. The predicted molar refractivity (Wildman–Crippen MR) is 125 cm³/mol. The average Bonchev–Trinajstić information content (AvgIpc) is 2.90. The van der Waals surface area contributed by atoms with Gasteiger partial charge in [-0.3, -0.25) is 4.79 Å². The fraction of sp³-hybridized carbons (Fsp3) is 0.895. The zero-order valence-corrected chi connectivity index (χ0v) is 17.6. The molecule has 2 saturated carbocycles. The van der Waals surface area contributed by atoms with Gasteiger partial charge in [0.15, 0.2) is 11.2 Å². The van der Waals surface area contributed by atoms with Crippen LogP contribution >= 0.6 is 0 Å². The molecule has 4 atom stereocenters. The number of carboxylic acids is 1. The van der Waals surface area contributed by atoms with Crippen molar-refractivity contribution in [3.63, 3.8) is 0 Å². The number of hydrogen-bond acceptors (Lipinski definition) is 13. The van der Waals surface area contributed by atoms with E-state index >= 15 is 0 Å². The van der Waals surface area contributed by atoms with Crippen molar-refractivity contribution in [1.29, 1.82) is 0 Å². The van der Waals surface area contributed by atoms with Gasteiger partial charge in [0, 0.05) is 25.7 Å². The molecule has 3 fully saturated rings. The van der Waals surface area contributed by atoms with Crippen LogP contribution in [0.3, 0.4) is 0 Å². The molecule has 2 aliphatic carbocycles. The highest BCUT2D eigenvalue weighted by atomic mass is 16.7. The number of carbonyl (C=O) groups is 2. The molecule has 0 aromatic carbocycles. The molecule has 0 aromatic rings. The molecule has 0 amide bonds. The van der Waals surface area contributed by atoms with Crippen LogP contribution in [0.5, 0.6) is 0 Å². The SMILES string of the molecule is C.C.C.CB(O)O.CB1OC(=O)C2(C[C@@H](O)C(O)[C@H](O)C2)O1.O=C(O)C1(O)C[C@@H](O)C(O)[C@H](O)C1. The molecule has 10 N–H and O–H groups in total. The highest BCUT2D eigenvalue weighted by molar-refractivity contribution is 6.47.